The first-order chi connectivity index (χ1) is 19.1. The van der Waals surface area contributed by atoms with Crippen molar-refractivity contribution in [2.75, 3.05) is 20.1 Å². The summed E-state index contributed by atoms with van der Waals surface area (Å²) >= 11 is 0. The molecule has 3 aliphatic rings. The van der Waals surface area contributed by atoms with Crippen molar-refractivity contribution in [3.05, 3.63) is 12.2 Å². The van der Waals surface area contributed by atoms with Crippen LogP contribution in [0.2, 0.25) is 0 Å². The van der Waals surface area contributed by atoms with E-state index in [2.05, 4.69) is 149 Å². The first-order valence-corrected chi connectivity index (χ1v) is 18.4. The van der Waals surface area contributed by atoms with Crippen LogP contribution in [0.1, 0.15) is 200 Å². The van der Waals surface area contributed by atoms with Gasteiger partial charge >= 0.3 is 0 Å². The zero-order chi connectivity index (χ0) is 33.3. The summed E-state index contributed by atoms with van der Waals surface area (Å²) in [6.07, 6.45) is 13.1. The van der Waals surface area contributed by atoms with Gasteiger partial charge in [0.15, 0.2) is 0 Å². The Morgan fingerprint density at radius 3 is 0.851 bits per heavy atom. The molecular formula is C46H103N. The molecule has 0 unspecified atom stereocenters. The minimum absolute atomic E-state index is 0. The number of rotatable bonds is 8. The van der Waals surface area contributed by atoms with Gasteiger partial charge in [0.25, 0.3) is 0 Å². The highest BCUT2D eigenvalue weighted by Crippen LogP contribution is 2.52. The molecule has 47 heavy (non-hydrogen) atoms. The van der Waals surface area contributed by atoms with Crippen molar-refractivity contribution in [2.45, 2.75) is 200 Å². The van der Waals surface area contributed by atoms with Crippen LogP contribution < -0.4 is 0 Å². The van der Waals surface area contributed by atoms with Crippen molar-refractivity contribution < 1.29 is 0 Å². The van der Waals surface area contributed by atoms with E-state index in [4.69, 9.17) is 0 Å². The minimum atomic E-state index is 0. The van der Waals surface area contributed by atoms with Crippen molar-refractivity contribution in [1.82, 2.24) is 4.90 Å². The van der Waals surface area contributed by atoms with Gasteiger partial charge in [0.2, 0.25) is 0 Å². The highest BCUT2D eigenvalue weighted by Gasteiger charge is 2.43. The molecule has 292 valence electrons. The topological polar surface area (TPSA) is 3.24 Å². The SMILES string of the molecule is C.C.C.C.C.CC(C)C(C)(C)C(C)C.CC(C)C1(C(C)C)CC=CC1.CC(C)C1(C(C)C)CCC1.CC(C)C1(C(C)C)CCN(C)C1. The van der Waals surface area contributed by atoms with Crippen LogP contribution in [0.3, 0.4) is 0 Å². The molecule has 0 aromatic carbocycles. The van der Waals surface area contributed by atoms with Gasteiger partial charge in [0, 0.05) is 6.54 Å². The Morgan fingerprint density at radius 1 is 0.468 bits per heavy atom. The minimum Gasteiger partial charge on any atom is -0.306 e. The highest BCUT2D eigenvalue weighted by molar-refractivity contribution is 5.05. The summed E-state index contributed by atoms with van der Waals surface area (Å²) in [5.41, 5.74) is 2.40. The molecule has 1 saturated heterocycles. The molecule has 0 aromatic heterocycles. The Hall–Kier alpha value is -0.300. The first-order valence-electron chi connectivity index (χ1n) is 18.4. The Kier molecular flexibility index (Phi) is 31.0. The van der Waals surface area contributed by atoms with Crippen molar-refractivity contribution in [2.24, 2.45) is 69.0 Å². The molecule has 2 fully saturated rings. The summed E-state index contributed by atoms with van der Waals surface area (Å²) in [5.74, 6) is 6.64. The third kappa shape index (κ3) is 15.2. The molecule has 0 aromatic rings. The van der Waals surface area contributed by atoms with E-state index in [0.717, 1.165) is 52.8 Å². The van der Waals surface area contributed by atoms with Crippen LogP contribution >= 0.6 is 0 Å². The first kappa shape index (κ1) is 58.9. The number of hydrogen-bond acceptors (Lipinski definition) is 1. The molecule has 0 spiro atoms. The second-order valence-corrected chi connectivity index (χ2v) is 18.0. The van der Waals surface area contributed by atoms with Crippen LogP contribution in [0.5, 0.6) is 0 Å². The lowest BCUT2D eigenvalue weighted by atomic mass is 9.56. The summed E-state index contributed by atoms with van der Waals surface area (Å²) in [7, 11) is 2.24. The van der Waals surface area contributed by atoms with E-state index >= 15 is 0 Å². The van der Waals surface area contributed by atoms with Gasteiger partial charge in [-0.1, -0.05) is 180 Å². The van der Waals surface area contributed by atoms with Gasteiger partial charge < -0.3 is 4.90 Å². The third-order valence-corrected chi connectivity index (χ3v) is 13.8. The van der Waals surface area contributed by atoms with Gasteiger partial charge in [-0.15, -0.1) is 0 Å². The third-order valence-electron chi connectivity index (χ3n) is 13.8. The molecule has 2 aliphatic carbocycles. The van der Waals surface area contributed by atoms with Crippen molar-refractivity contribution in [1.29, 1.82) is 0 Å². The Bertz CT molecular complexity index is 695. The maximum absolute atomic E-state index is 2.47. The second kappa shape index (κ2) is 24.8. The normalized spacial score (nSPS) is 18.9. The number of hydrogen-bond donors (Lipinski definition) is 0. The number of nitrogens with zero attached hydrogens (tertiary/aromatic N) is 1. The van der Waals surface area contributed by atoms with Crippen molar-refractivity contribution in [3.8, 4) is 0 Å². The molecule has 0 N–H and O–H groups in total. The van der Waals surface area contributed by atoms with Crippen LogP contribution in [0.4, 0.5) is 0 Å². The molecule has 0 amide bonds. The average molecular weight is 670 g/mol. The zero-order valence-electron chi connectivity index (χ0n) is 32.9. The summed E-state index contributed by atoms with van der Waals surface area (Å²) in [6.45, 7) is 44.8. The summed E-state index contributed by atoms with van der Waals surface area (Å²) < 4.78 is 0. The van der Waals surface area contributed by atoms with E-state index in [9.17, 15) is 0 Å². The maximum Gasteiger partial charge on any atom is 0.00403 e. The predicted molar refractivity (Wildman–Crippen MR) is 228 cm³/mol. The van der Waals surface area contributed by atoms with Gasteiger partial charge in [-0.25, -0.2) is 0 Å². The average Bonchev–Trinajstić information content (AvgIpc) is 3.47. The van der Waals surface area contributed by atoms with Crippen LogP contribution in [-0.2, 0) is 0 Å². The van der Waals surface area contributed by atoms with Crippen LogP contribution in [0, 0.1) is 69.0 Å². The molecule has 0 radical (unpaired) electrons. The second-order valence-electron chi connectivity index (χ2n) is 18.0. The largest absolute Gasteiger partial charge is 0.306 e. The van der Waals surface area contributed by atoms with Crippen LogP contribution in [-0.4, -0.2) is 25.0 Å². The van der Waals surface area contributed by atoms with Gasteiger partial charge in [0.1, 0.15) is 0 Å². The van der Waals surface area contributed by atoms with E-state index in [0.29, 0.717) is 16.2 Å². The molecule has 1 heterocycles. The molecule has 1 saturated carbocycles. The van der Waals surface area contributed by atoms with Gasteiger partial charge in [0.05, 0.1) is 0 Å². The molecule has 1 nitrogen and oxygen atoms in total. The monoisotopic (exact) mass is 670 g/mol. The summed E-state index contributed by atoms with van der Waals surface area (Å²) in [4.78, 5) is 2.47. The van der Waals surface area contributed by atoms with E-state index in [1.165, 1.54) is 51.6 Å². The van der Waals surface area contributed by atoms with Gasteiger partial charge in [-0.05, 0) is 115 Å². The summed E-state index contributed by atoms with van der Waals surface area (Å²) in [6, 6.07) is 0. The van der Waals surface area contributed by atoms with E-state index in [1.807, 2.05) is 0 Å². The predicted octanol–water partition coefficient (Wildman–Crippen LogP) is 16.2. The zero-order valence-corrected chi connectivity index (χ0v) is 32.9. The lowest BCUT2D eigenvalue weighted by molar-refractivity contribution is 0.0135. The van der Waals surface area contributed by atoms with Crippen LogP contribution in [0.25, 0.3) is 0 Å². The Morgan fingerprint density at radius 2 is 0.766 bits per heavy atom. The Balaban J connectivity index is -0.000000116. The van der Waals surface area contributed by atoms with Gasteiger partial charge in [-0.2, -0.15) is 0 Å². The molecule has 1 aliphatic heterocycles. The highest BCUT2D eigenvalue weighted by atomic mass is 15.1. The maximum atomic E-state index is 2.47. The lowest BCUT2D eigenvalue weighted by Gasteiger charge is -2.49. The summed E-state index contributed by atoms with van der Waals surface area (Å²) in [5, 5.41) is 0. The fraction of sp³-hybridized carbons (Fsp3) is 0.957. The Labute approximate surface area is 305 Å². The molecule has 3 rings (SSSR count). The van der Waals surface area contributed by atoms with E-state index in [1.54, 1.807) is 0 Å². The standard InChI is InChI=1S/C11H23N.C11H20.C10H20.C9H20.5CH4/c1-9(2)11(10(3)4)6-7-12(5)8-11;1-9(2)11(10(3)4)7-5-6-8-11;1-8(2)10(9(3)4)6-5-7-10;1-7(2)9(5,6)8(3)4;;;;;/h9-10H,6-8H2,1-5H3;5-6,9-10H,7-8H2,1-4H3;8-9H,5-7H2,1-4H3;7-8H,1-6H3;5*1H4. The van der Waals surface area contributed by atoms with Gasteiger partial charge in [-0.3, -0.25) is 0 Å². The molecule has 0 atom stereocenters. The lowest BCUT2D eigenvalue weighted by Crippen LogP contribution is -2.39. The van der Waals surface area contributed by atoms with Crippen LogP contribution in [0.15, 0.2) is 12.2 Å². The molecule has 0 bridgehead atoms. The molecule has 1 heteroatoms. The fourth-order valence-electron chi connectivity index (χ4n) is 8.04. The molecular weight excluding hydrogens is 567 g/mol. The van der Waals surface area contributed by atoms with Crippen molar-refractivity contribution >= 4 is 0 Å². The smallest absolute Gasteiger partial charge is 0.00403 e. The number of allylic oxidation sites excluding steroid dienone is 2. The quantitative estimate of drug-likeness (QED) is 0.232. The van der Waals surface area contributed by atoms with Crippen molar-refractivity contribution in [3.63, 3.8) is 0 Å². The fourth-order valence-corrected chi connectivity index (χ4v) is 8.04. The number of likely N-dealkylation sites (tertiary alicyclic amines) is 1. The van der Waals surface area contributed by atoms with E-state index in [-0.39, 0.29) is 37.1 Å². The van der Waals surface area contributed by atoms with E-state index < -0.39 is 0 Å².